The van der Waals surface area contributed by atoms with Crippen LogP contribution in [0.4, 0.5) is 0 Å². The molecule has 5 nitrogen and oxygen atoms in total. The Morgan fingerprint density at radius 1 is 1.33 bits per heavy atom. The summed E-state index contributed by atoms with van der Waals surface area (Å²) in [6.07, 6.45) is 3.30. The van der Waals surface area contributed by atoms with Crippen LogP contribution in [0.3, 0.4) is 0 Å². The van der Waals surface area contributed by atoms with Crippen molar-refractivity contribution in [3.8, 4) is 0 Å². The van der Waals surface area contributed by atoms with Crippen LogP contribution in [0.25, 0.3) is 0 Å². The molecule has 0 aliphatic heterocycles. The minimum absolute atomic E-state index is 0.121. The normalized spacial score (nSPS) is 15.7. The molecule has 6 heteroatoms. The highest BCUT2D eigenvalue weighted by Crippen LogP contribution is 2.09. The van der Waals surface area contributed by atoms with Crippen molar-refractivity contribution >= 4 is 15.9 Å². The summed E-state index contributed by atoms with van der Waals surface area (Å²) < 4.78 is 23.5. The highest BCUT2D eigenvalue weighted by atomic mass is 32.2. The van der Waals surface area contributed by atoms with E-state index in [0.717, 1.165) is 19.1 Å². The highest BCUT2D eigenvalue weighted by molar-refractivity contribution is 7.89. The van der Waals surface area contributed by atoms with Gasteiger partial charge in [0, 0.05) is 12.0 Å². The van der Waals surface area contributed by atoms with Crippen molar-refractivity contribution in [2.75, 3.05) is 6.26 Å². The Bertz CT molecular complexity index is 298. The van der Waals surface area contributed by atoms with E-state index in [1.165, 1.54) is 0 Å². The molecule has 0 aromatic heterocycles. The van der Waals surface area contributed by atoms with Gasteiger partial charge in [-0.1, -0.05) is 13.3 Å². The molecule has 15 heavy (non-hydrogen) atoms. The van der Waals surface area contributed by atoms with E-state index in [0.29, 0.717) is 6.42 Å². The SMILES string of the molecule is CC(N)CCCC(C)C(=O)NS(C)(=O)=O. The second kappa shape index (κ2) is 6.07. The lowest BCUT2D eigenvalue weighted by atomic mass is 10.0. The first-order valence-corrected chi connectivity index (χ1v) is 6.88. The molecule has 0 fully saturated rings. The molecule has 0 aromatic carbocycles. The van der Waals surface area contributed by atoms with Crippen molar-refractivity contribution in [2.24, 2.45) is 11.7 Å². The third-order valence-electron chi connectivity index (χ3n) is 2.03. The highest BCUT2D eigenvalue weighted by Gasteiger charge is 2.16. The average molecular weight is 236 g/mol. The van der Waals surface area contributed by atoms with Crippen LogP contribution in [-0.2, 0) is 14.8 Å². The lowest BCUT2D eigenvalue weighted by Crippen LogP contribution is -2.33. The van der Waals surface area contributed by atoms with E-state index in [-0.39, 0.29) is 12.0 Å². The van der Waals surface area contributed by atoms with Gasteiger partial charge in [0.25, 0.3) is 0 Å². The lowest BCUT2D eigenvalue weighted by Gasteiger charge is -2.11. The van der Waals surface area contributed by atoms with Crippen LogP contribution < -0.4 is 10.5 Å². The Labute approximate surface area is 91.5 Å². The summed E-state index contributed by atoms with van der Waals surface area (Å²) in [4.78, 5) is 11.3. The van der Waals surface area contributed by atoms with Gasteiger partial charge in [-0.25, -0.2) is 8.42 Å². The van der Waals surface area contributed by atoms with Gasteiger partial charge >= 0.3 is 0 Å². The summed E-state index contributed by atoms with van der Waals surface area (Å²) in [6.45, 7) is 3.61. The molecule has 1 amide bonds. The fourth-order valence-electron chi connectivity index (χ4n) is 1.16. The van der Waals surface area contributed by atoms with E-state index >= 15 is 0 Å². The summed E-state index contributed by atoms with van der Waals surface area (Å²) >= 11 is 0. The Hall–Kier alpha value is -0.620. The van der Waals surface area contributed by atoms with Crippen LogP contribution in [0.2, 0.25) is 0 Å². The molecule has 0 spiro atoms. The van der Waals surface area contributed by atoms with Gasteiger partial charge in [0.2, 0.25) is 15.9 Å². The summed E-state index contributed by atoms with van der Waals surface area (Å²) in [5.74, 6) is -0.736. The number of nitrogens with one attached hydrogen (secondary N) is 1. The molecular formula is C9H20N2O3S. The fraction of sp³-hybridized carbons (Fsp3) is 0.889. The number of amides is 1. The van der Waals surface area contributed by atoms with Crippen molar-refractivity contribution in [1.29, 1.82) is 0 Å². The van der Waals surface area contributed by atoms with Crippen LogP contribution in [-0.4, -0.2) is 26.6 Å². The topological polar surface area (TPSA) is 89.3 Å². The van der Waals surface area contributed by atoms with Crippen molar-refractivity contribution in [3.63, 3.8) is 0 Å². The molecule has 0 radical (unpaired) electrons. The van der Waals surface area contributed by atoms with E-state index < -0.39 is 15.9 Å². The molecule has 2 atom stereocenters. The molecule has 90 valence electrons. The van der Waals surface area contributed by atoms with Crippen LogP contribution in [0.1, 0.15) is 33.1 Å². The third-order valence-corrected chi connectivity index (χ3v) is 2.60. The average Bonchev–Trinajstić information content (AvgIpc) is 1.99. The first-order valence-electron chi connectivity index (χ1n) is 4.99. The van der Waals surface area contributed by atoms with Gasteiger partial charge in [-0.15, -0.1) is 0 Å². The van der Waals surface area contributed by atoms with Gasteiger partial charge in [-0.2, -0.15) is 0 Å². The zero-order valence-electron chi connectivity index (χ0n) is 9.49. The summed E-state index contributed by atoms with van der Waals surface area (Å²) in [5.41, 5.74) is 5.56. The lowest BCUT2D eigenvalue weighted by molar-refractivity contribution is -0.122. The van der Waals surface area contributed by atoms with Crippen molar-refractivity contribution in [1.82, 2.24) is 4.72 Å². The van der Waals surface area contributed by atoms with E-state index in [4.69, 9.17) is 5.73 Å². The van der Waals surface area contributed by atoms with E-state index in [1.54, 1.807) is 6.92 Å². The number of rotatable bonds is 6. The zero-order chi connectivity index (χ0) is 12.1. The largest absolute Gasteiger partial charge is 0.328 e. The maximum absolute atomic E-state index is 11.3. The number of sulfonamides is 1. The van der Waals surface area contributed by atoms with Crippen LogP contribution in [0, 0.1) is 5.92 Å². The number of carbonyl (C=O) groups is 1. The van der Waals surface area contributed by atoms with E-state index in [1.807, 2.05) is 11.6 Å². The Morgan fingerprint density at radius 2 is 1.87 bits per heavy atom. The van der Waals surface area contributed by atoms with Gasteiger partial charge in [-0.05, 0) is 19.8 Å². The van der Waals surface area contributed by atoms with Crippen molar-refractivity contribution in [3.05, 3.63) is 0 Å². The Kier molecular flexibility index (Phi) is 5.82. The van der Waals surface area contributed by atoms with Gasteiger partial charge in [-0.3, -0.25) is 9.52 Å². The van der Waals surface area contributed by atoms with Crippen LogP contribution in [0.15, 0.2) is 0 Å². The fourth-order valence-corrected chi connectivity index (χ4v) is 1.73. The summed E-state index contributed by atoms with van der Waals surface area (Å²) in [6, 6.07) is 0.121. The number of hydrogen-bond donors (Lipinski definition) is 2. The van der Waals surface area contributed by atoms with Crippen molar-refractivity contribution in [2.45, 2.75) is 39.2 Å². The van der Waals surface area contributed by atoms with Gasteiger partial charge in [0.1, 0.15) is 0 Å². The molecule has 0 saturated carbocycles. The molecule has 0 heterocycles. The van der Waals surface area contributed by atoms with Gasteiger partial charge in [0.15, 0.2) is 0 Å². The molecule has 0 aromatic rings. The summed E-state index contributed by atoms with van der Waals surface area (Å²) in [5, 5.41) is 0. The number of hydrogen-bond acceptors (Lipinski definition) is 4. The quantitative estimate of drug-likeness (QED) is 0.690. The third kappa shape index (κ3) is 8.38. The van der Waals surface area contributed by atoms with Gasteiger partial charge < -0.3 is 5.73 Å². The Morgan fingerprint density at radius 3 is 2.27 bits per heavy atom. The molecule has 2 unspecified atom stereocenters. The predicted molar refractivity (Wildman–Crippen MR) is 59.7 cm³/mol. The summed E-state index contributed by atoms with van der Waals surface area (Å²) in [7, 11) is -3.43. The molecule has 0 bridgehead atoms. The maximum atomic E-state index is 11.3. The molecule has 3 N–H and O–H groups in total. The van der Waals surface area contributed by atoms with E-state index in [2.05, 4.69) is 0 Å². The smallest absolute Gasteiger partial charge is 0.236 e. The zero-order valence-corrected chi connectivity index (χ0v) is 10.3. The number of nitrogens with two attached hydrogens (primary N) is 1. The second-order valence-corrected chi connectivity index (χ2v) is 5.80. The van der Waals surface area contributed by atoms with E-state index in [9.17, 15) is 13.2 Å². The molecule has 0 saturated heterocycles. The predicted octanol–water partition coefficient (Wildman–Crippen LogP) is 0.216. The van der Waals surface area contributed by atoms with Crippen LogP contribution in [0.5, 0.6) is 0 Å². The standard InChI is InChI=1S/C9H20N2O3S/c1-7(5-4-6-8(2)10)9(12)11-15(3,13)14/h7-8H,4-6,10H2,1-3H3,(H,11,12). The maximum Gasteiger partial charge on any atom is 0.236 e. The van der Waals surface area contributed by atoms with Crippen molar-refractivity contribution < 1.29 is 13.2 Å². The minimum Gasteiger partial charge on any atom is -0.328 e. The molecule has 0 aliphatic rings. The van der Waals surface area contributed by atoms with Gasteiger partial charge in [0.05, 0.1) is 6.26 Å². The monoisotopic (exact) mass is 236 g/mol. The number of carbonyl (C=O) groups excluding carboxylic acids is 1. The second-order valence-electron chi connectivity index (χ2n) is 4.05. The first kappa shape index (κ1) is 14.4. The van der Waals surface area contributed by atoms with Crippen LogP contribution >= 0.6 is 0 Å². The molecular weight excluding hydrogens is 216 g/mol. The molecule has 0 rings (SSSR count). The minimum atomic E-state index is -3.43. The first-order chi connectivity index (χ1) is 6.72. The molecule has 0 aliphatic carbocycles. The Balaban J connectivity index is 3.90.